The third-order valence-corrected chi connectivity index (χ3v) is 3.53. The molecular weight excluding hydrogens is 297 g/mol. The number of benzene rings is 2. The molecule has 6 heteroatoms. The Bertz CT molecular complexity index is 950. The van der Waals surface area contributed by atoms with Crippen LogP contribution in [0.5, 0.6) is 0 Å². The molecule has 0 bridgehead atoms. The number of para-hydroxylation sites is 1. The molecule has 0 aliphatic carbocycles. The lowest BCUT2D eigenvalue weighted by molar-refractivity contribution is -0.116. The van der Waals surface area contributed by atoms with Crippen molar-refractivity contribution in [3.8, 4) is 0 Å². The maximum absolute atomic E-state index is 13.3. The lowest BCUT2D eigenvalue weighted by atomic mass is 10.2. The zero-order valence-electron chi connectivity index (χ0n) is 12.4. The number of amides is 1. The summed E-state index contributed by atoms with van der Waals surface area (Å²) in [5, 5.41) is 7.16. The van der Waals surface area contributed by atoms with E-state index in [-0.39, 0.29) is 17.9 Å². The van der Waals surface area contributed by atoms with Gasteiger partial charge in [-0.2, -0.15) is 5.10 Å². The van der Waals surface area contributed by atoms with E-state index in [1.165, 1.54) is 23.0 Å². The van der Waals surface area contributed by atoms with Crippen molar-refractivity contribution < 1.29 is 9.18 Å². The molecular formula is C17H14FN3O2. The first-order valence-corrected chi connectivity index (χ1v) is 7.05. The Kier molecular flexibility index (Phi) is 3.89. The highest BCUT2D eigenvalue weighted by Gasteiger charge is 2.10. The van der Waals surface area contributed by atoms with Crippen molar-refractivity contribution in [2.45, 2.75) is 13.5 Å². The molecule has 116 valence electrons. The molecule has 5 nitrogen and oxygen atoms in total. The Morgan fingerprint density at radius 1 is 1.26 bits per heavy atom. The number of carbonyl (C=O) groups excluding carboxylic acids is 1. The summed E-state index contributed by atoms with van der Waals surface area (Å²) in [6.07, 6.45) is 1.18. The van der Waals surface area contributed by atoms with Crippen molar-refractivity contribution in [1.29, 1.82) is 0 Å². The zero-order chi connectivity index (χ0) is 16.4. The highest BCUT2D eigenvalue weighted by atomic mass is 19.1. The fourth-order valence-corrected chi connectivity index (χ4v) is 2.34. The second-order valence-electron chi connectivity index (χ2n) is 5.19. The van der Waals surface area contributed by atoms with Gasteiger partial charge in [0, 0.05) is 11.1 Å². The van der Waals surface area contributed by atoms with E-state index in [0.717, 1.165) is 5.56 Å². The summed E-state index contributed by atoms with van der Waals surface area (Å²) in [5.74, 6) is -0.766. The zero-order valence-corrected chi connectivity index (χ0v) is 12.4. The Balaban J connectivity index is 1.88. The van der Waals surface area contributed by atoms with E-state index >= 15 is 0 Å². The van der Waals surface area contributed by atoms with Gasteiger partial charge in [-0.15, -0.1) is 0 Å². The predicted molar refractivity (Wildman–Crippen MR) is 85.8 cm³/mol. The number of aromatic nitrogens is 2. The molecule has 0 spiro atoms. The van der Waals surface area contributed by atoms with Crippen molar-refractivity contribution in [3.05, 3.63) is 70.3 Å². The number of fused-ring (bicyclic) bond motifs is 1. The number of anilines is 1. The molecule has 0 aliphatic rings. The van der Waals surface area contributed by atoms with Crippen molar-refractivity contribution in [2.75, 3.05) is 5.32 Å². The Hall–Kier alpha value is -3.02. The lowest BCUT2D eigenvalue weighted by Gasteiger charge is -2.11. The molecule has 1 aromatic heterocycles. The second kappa shape index (κ2) is 6.00. The van der Waals surface area contributed by atoms with Crippen LogP contribution in [0.1, 0.15) is 5.56 Å². The maximum Gasteiger partial charge on any atom is 0.246 e. The van der Waals surface area contributed by atoms with Crippen LogP contribution in [0, 0.1) is 12.7 Å². The van der Waals surface area contributed by atoms with Crippen LogP contribution in [-0.2, 0) is 11.3 Å². The number of hydrogen-bond acceptors (Lipinski definition) is 3. The minimum Gasteiger partial charge on any atom is -0.324 e. The van der Waals surface area contributed by atoms with E-state index in [2.05, 4.69) is 10.4 Å². The molecule has 2 aromatic carbocycles. The molecule has 0 aliphatic heterocycles. The first-order chi connectivity index (χ1) is 11.0. The largest absolute Gasteiger partial charge is 0.324 e. The van der Waals surface area contributed by atoms with E-state index in [0.29, 0.717) is 16.6 Å². The Labute approximate surface area is 131 Å². The minimum atomic E-state index is -0.419. The number of aryl methyl sites for hydroxylation is 1. The van der Waals surface area contributed by atoms with Crippen LogP contribution in [0.3, 0.4) is 0 Å². The third kappa shape index (κ3) is 3.11. The van der Waals surface area contributed by atoms with Crippen molar-refractivity contribution in [3.63, 3.8) is 0 Å². The van der Waals surface area contributed by atoms with Gasteiger partial charge in [-0.25, -0.2) is 4.39 Å². The molecule has 0 unspecified atom stereocenters. The van der Waals surface area contributed by atoms with Crippen LogP contribution < -0.4 is 10.7 Å². The highest BCUT2D eigenvalue weighted by molar-refractivity contribution is 5.92. The summed E-state index contributed by atoms with van der Waals surface area (Å²) in [6.45, 7) is 1.71. The van der Waals surface area contributed by atoms with Gasteiger partial charge in [-0.3, -0.25) is 14.3 Å². The predicted octanol–water partition coefficient (Wildman–Crippen LogP) is 2.48. The maximum atomic E-state index is 13.3. The van der Waals surface area contributed by atoms with Gasteiger partial charge in [0.2, 0.25) is 11.3 Å². The Morgan fingerprint density at radius 2 is 2.04 bits per heavy atom. The van der Waals surface area contributed by atoms with Crippen molar-refractivity contribution >= 4 is 22.5 Å². The smallest absolute Gasteiger partial charge is 0.246 e. The van der Waals surface area contributed by atoms with E-state index < -0.39 is 5.82 Å². The lowest BCUT2D eigenvalue weighted by Crippen LogP contribution is -2.22. The number of halogens is 1. The monoisotopic (exact) mass is 311 g/mol. The average Bonchev–Trinajstić information content (AvgIpc) is 2.54. The van der Waals surface area contributed by atoms with Gasteiger partial charge in [-0.05, 0) is 36.8 Å². The summed E-state index contributed by atoms with van der Waals surface area (Å²) in [7, 11) is 0. The van der Waals surface area contributed by atoms with E-state index in [1.807, 2.05) is 0 Å². The summed E-state index contributed by atoms with van der Waals surface area (Å²) >= 11 is 0. The average molecular weight is 311 g/mol. The van der Waals surface area contributed by atoms with Gasteiger partial charge < -0.3 is 5.32 Å². The van der Waals surface area contributed by atoms with Gasteiger partial charge in [0.15, 0.2) is 0 Å². The van der Waals surface area contributed by atoms with Crippen LogP contribution in [0.25, 0.3) is 10.9 Å². The third-order valence-electron chi connectivity index (χ3n) is 3.53. The van der Waals surface area contributed by atoms with Crippen molar-refractivity contribution in [1.82, 2.24) is 9.78 Å². The molecule has 0 atom stereocenters. The van der Waals surface area contributed by atoms with E-state index in [9.17, 15) is 14.0 Å². The minimum absolute atomic E-state index is 0.0727. The van der Waals surface area contributed by atoms with Gasteiger partial charge >= 0.3 is 0 Å². The highest BCUT2D eigenvalue weighted by Crippen LogP contribution is 2.16. The number of hydrogen-bond donors (Lipinski definition) is 1. The molecule has 0 radical (unpaired) electrons. The van der Waals surface area contributed by atoms with Crippen LogP contribution in [-0.4, -0.2) is 15.7 Å². The number of nitrogens with zero attached hydrogens (tertiary/aromatic N) is 2. The van der Waals surface area contributed by atoms with Crippen LogP contribution >= 0.6 is 0 Å². The van der Waals surface area contributed by atoms with E-state index in [1.54, 1.807) is 37.3 Å². The molecule has 23 heavy (non-hydrogen) atoms. The first kappa shape index (κ1) is 14.9. The first-order valence-electron chi connectivity index (χ1n) is 7.05. The standard InChI is InChI=1S/C17H14FN3O2/c1-11-6-7-12(18)8-14(11)20-17(23)10-21-15-5-3-2-4-13(15)16(22)9-19-21/h2-9H,10H2,1H3,(H,20,23). The summed E-state index contributed by atoms with van der Waals surface area (Å²) < 4.78 is 14.7. The fraction of sp³-hybridized carbons (Fsp3) is 0.118. The molecule has 1 heterocycles. The molecule has 3 rings (SSSR count). The van der Waals surface area contributed by atoms with Crippen LogP contribution in [0.15, 0.2) is 53.5 Å². The number of carbonyl (C=O) groups is 1. The van der Waals surface area contributed by atoms with Crippen LogP contribution in [0.4, 0.5) is 10.1 Å². The van der Waals surface area contributed by atoms with Gasteiger partial charge in [0.1, 0.15) is 12.4 Å². The van der Waals surface area contributed by atoms with Gasteiger partial charge in [0.05, 0.1) is 11.7 Å². The van der Waals surface area contributed by atoms with Gasteiger partial charge in [-0.1, -0.05) is 18.2 Å². The van der Waals surface area contributed by atoms with Gasteiger partial charge in [0.25, 0.3) is 0 Å². The molecule has 0 saturated heterocycles. The summed E-state index contributed by atoms with van der Waals surface area (Å²) in [5.41, 5.74) is 1.56. The molecule has 0 saturated carbocycles. The SMILES string of the molecule is Cc1ccc(F)cc1NC(=O)Cn1ncc(=O)c2ccccc21. The molecule has 1 amide bonds. The second-order valence-corrected chi connectivity index (χ2v) is 5.19. The molecule has 0 fully saturated rings. The quantitative estimate of drug-likeness (QED) is 0.808. The topological polar surface area (TPSA) is 64.0 Å². The van der Waals surface area contributed by atoms with Crippen molar-refractivity contribution in [2.24, 2.45) is 0 Å². The fourth-order valence-electron chi connectivity index (χ4n) is 2.34. The number of rotatable bonds is 3. The Morgan fingerprint density at radius 3 is 2.87 bits per heavy atom. The van der Waals surface area contributed by atoms with Crippen LogP contribution in [0.2, 0.25) is 0 Å². The summed E-state index contributed by atoms with van der Waals surface area (Å²) in [4.78, 5) is 24.0. The summed E-state index contributed by atoms with van der Waals surface area (Å²) in [6, 6.07) is 11.1. The normalized spacial score (nSPS) is 10.7. The molecule has 1 N–H and O–H groups in total. The molecule has 3 aromatic rings. The van der Waals surface area contributed by atoms with E-state index in [4.69, 9.17) is 0 Å². The number of nitrogens with one attached hydrogen (secondary N) is 1.